The summed E-state index contributed by atoms with van der Waals surface area (Å²) in [5.41, 5.74) is 7.04. The molecule has 254 valence electrons. The number of primary amides is 1. The van der Waals surface area contributed by atoms with Crippen LogP contribution < -0.4 is 5.73 Å². The fourth-order valence-corrected chi connectivity index (χ4v) is 5.64. The Morgan fingerprint density at radius 3 is 2.16 bits per heavy atom. The Morgan fingerprint density at radius 2 is 1.62 bits per heavy atom. The molecule has 0 aromatic rings. The van der Waals surface area contributed by atoms with E-state index in [9.17, 15) is 14.4 Å². The molecule has 0 fully saturated rings. The number of nitrogens with two attached hydrogens (primary N) is 1. The van der Waals surface area contributed by atoms with E-state index in [4.69, 9.17) is 19.6 Å². The predicted molar refractivity (Wildman–Crippen MR) is 189 cm³/mol. The van der Waals surface area contributed by atoms with Crippen LogP contribution in [0.2, 0.25) is 18.1 Å². The van der Waals surface area contributed by atoms with E-state index in [-0.39, 0.29) is 16.4 Å². The van der Waals surface area contributed by atoms with Gasteiger partial charge in [0, 0.05) is 18.4 Å². The smallest absolute Gasteiger partial charge is 0.404 e. The maximum absolute atomic E-state index is 12.7. The summed E-state index contributed by atoms with van der Waals surface area (Å²) in [6.07, 6.45) is 17.5. The third-order valence-corrected chi connectivity index (χ3v) is 12.8. The molecule has 0 aliphatic carbocycles. The number of hydrogen-bond acceptors (Lipinski definition) is 6. The zero-order valence-electron chi connectivity index (χ0n) is 29.7. The van der Waals surface area contributed by atoms with E-state index in [1.54, 1.807) is 13.0 Å². The molecule has 0 spiro atoms. The molecule has 0 radical (unpaired) electrons. The lowest BCUT2D eigenvalue weighted by atomic mass is 9.84. The second-order valence-corrected chi connectivity index (χ2v) is 19.0. The van der Waals surface area contributed by atoms with Crippen LogP contribution in [0.1, 0.15) is 93.9 Å². The number of allylic oxidation sites excluding steroid dienone is 6. The standard InChI is InChI=1S/C37H61NO6Si/c1-13-15-23-37(9,10)24-19-22-34(40)42-33(30(5)25-29(4)27-39)26-28(3)20-17-16-18-21-32(43-35(38)41)31(14-2)44-45(11,12)36(6,7)8/h13-14,16-17,19-20,22,25,27,30-33H,1-2,15,18,21,23-24,26H2,3-12H3,(H2,38,41)/b17-16+,22-19+,28-20+,29-25+/t30-,31+,32+,33-/m1/s1. The van der Waals surface area contributed by atoms with E-state index in [1.165, 1.54) is 6.08 Å². The van der Waals surface area contributed by atoms with Gasteiger partial charge >= 0.3 is 12.1 Å². The predicted octanol–water partition coefficient (Wildman–Crippen LogP) is 9.33. The Labute approximate surface area is 274 Å². The van der Waals surface area contributed by atoms with Crippen LogP contribution >= 0.6 is 0 Å². The van der Waals surface area contributed by atoms with Gasteiger partial charge in [-0.3, -0.25) is 4.79 Å². The van der Waals surface area contributed by atoms with Gasteiger partial charge < -0.3 is 19.6 Å². The SMILES string of the molecule is C=CCCC(C)(C)C/C=C/C(=O)O[C@H](C/C(C)=C/C=C/CC[C@H](OC(N)=O)[C@H](C=C)O[Si](C)(C)C(C)(C)C)[C@H](C)/C=C(\C)C=O. The number of amides is 1. The van der Waals surface area contributed by atoms with Crippen LogP contribution in [-0.4, -0.2) is 45.0 Å². The molecule has 0 aromatic heterocycles. The largest absolute Gasteiger partial charge is 0.458 e. The Bertz CT molecular complexity index is 1090. The molecule has 4 atom stereocenters. The van der Waals surface area contributed by atoms with Crippen LogP contribution in [-0.2, 0) is 23.5 Å². The number of aldehydes is 1. The first-order chi connectivity index (χ1) is 20.8. The van der Waals surface area contributed by atoms with Gasteiger partial charge in [0.2, 0.25) is 0 Å². The molecule has 0 aromatic carbocycles. The van der Waals surface area contributed by atoms with E-state index >= 15 is 0 Å². The molecule has 1 amide bonds. The van der Waals surface area contributed by atoms with Crippen LogP contribution in [0.15, 0.2) is 72.9 Å². The summed E-state index contributed by atoms with van der Waals surface area (Å²) in [6, 6.07) is 0. The molecule has 0 bridgehead atoms. The molecule has 0 aliphatic rings. The second kappa shape index (κ2) is 20.2. The van der Waals surface area contributed by atoms with Crippen LogP contribution in [0.25, 0.3) is 0 Å². The van der Waals surface area contributed by atoms with Crippen LogP contribution in [0.3, 0.4) is 0 Å². The molecule has 0 heterocycles. The van der Waals surface area contributed by atoms with Gasteiger partial charge in [-0.1, -0.05) is 89.6 Å². The Morgan fingerprint density at radius 1 is 0.978 bits per heavy atom. The van der Waals surface area contributed by atoms with Crippen molar-refractivity contribution in [1.29, 1.82) is 0 Å². The highest BCUT2D eigenvalue weighted by Gasteiger charge is 2.40. The third kappa shape index (κ3) is 17.9. The zero-order valence-corrected chi connectivity index (χ0v) is 30.7. The number of esters is 1. The highest BCUT2D eigenvalue weighted by Crippen LogP contribution is 2.38. The second-order valence-electron chi connectivity index (χ2n) is 14.2. The summed E-state index contributed by atoms with van der Waals surface area (Å²) in [6.45, 7) is 28.4. The normalized spacial score (nSPS) is 16.2. The first-order valence-corrected chi connectivity index (χ1v) is 18.9. The van der Waals surface area contributed by atoms with Crippen molar-refractivity contribution in [3.05, 3.63) is 72.9 Å². The lowest BCUT2D eigenvalue weighted by Gasteiger charge is -2.40. The van der Waals surface area contributed by atoms with Gasteiger partial charge in [0.15, 0.2) is 8.32 Å². The first-order valence-electron chi connectivity index (χ1n) is 16.0. The van der Waals surface area contributed by atoms with Crippen molar-refractivity contribution in [3.63, 3.8) is 0 Å². The van der Waals surface area contributed by atoms with E-state index in [0.29, 0.717) is 24.8 Å². The number of carbonyl (C=O) groups excluding carboxylic acids is 3. The van der Waals surface area contributed by atoms with E-state index in [1.807, 2.05) is 50.3 Å². The van der Waals surface area contributed by atoms with Gasteiger partial charge in [-0.15, -0.1) is 13.2 Å². The third-order valence-electron chi connectivity index (χ3n) is 8.28. The van der Waals surface area contributed by atoms with Gasteiger partial charge in [0.05, 0.1) is 0 Å². The number of ether oxygens (including phenoxy) is 2. The summed E-state index contributed by atoms with van der Waals surface area (Å²) in [5.74, 6) is -0.559. The number of rotatable bonds is 21. The highest BCUT2D eigenvalue weighted by atomic mass is 28.4. The molecule has 2 N–H and O–H groups in total. The average Bonchev–Trinajstić information content (AvgIpc) is 2.92. The minimum absolute atomic E-state index is 0.0162. The summed E-state index contributed by atoms with van der Waals surface area (Å²) < 4.78 is 17.8. The highest BCUT2D eigenvalue weighted by molar-refractivity contribution is 6.74. The average molecular weight is 644 g/mol. The molecule has 7 nitrogen and oxygen atoms in total. The number of carbonyl (C=O) groups is 3. The van der Waals surface area contributed by atoms with Crippen LogP contribution in [0.4, 0.5) is 4.79 Å². The van der Waals surface area contributed by atoms with Crippen LogP contribution in [0, 0.1) is 11.3 Å². The summed E-state index contributed by atoms with van der Waals surface area (Å²) >= 11 is 0. The van der Waals surface area contributed by atoms with Gasteiger partial charge in [0.25, 0.3) is 0 Å². The Kier molecular flexibility index (Phi) is 18.9. The van der Waals surface area contributed by atoms with Crippen molar-refractivity contribution in [1.82, 2.24) is 0 Å². The molecule has 45 heavy (non-hydrogen) atoms. The van der Waals surface area contributed by atoms with Crippen molar-refractivity contribution in [2.24, 2.45) is 17.1 Å². The molecule has 0 aliphatic heterocycles. The minimum atomic E-state index is -2.14. The first kappa shape index (κ1) is 42.0. The van der Waals surface area contributed by atoms with Gasteiger partial charge in [-0.25, -0.2) is 9.59 Å². The Hall–Kier alpha value is -2.97. The molecule has 0 rings (SSSR count). The lowest BCUT2D eigenvalue weighted by Crippen LogP contribution is -2.47. The fraction of sp³-hybridized carbons (Fsp3) is 0.595. The molecular weight excluding hydrogens is 582 g/mol. The van der Waals surface area contributed by atoms with Crippen molar-refractivity contribution < 1.29 is 28.3 Å². The van der Waals surface area contributed by atoms with E-state index < -0.39 is 38.7 Å². The maximum Gasteiger partial charge on any atom is 0.404 e. The summed E-state index contributed by atoms with van der Waals surface area (Å²) in [5, 5.41) is -0.0162. The van der Waals surface area contributed by atoms with Gasteiger partial charge in [-0.05, 0) is 75.1 Å². The Balaban J connectivity index is 5.55. The van der Waals surface area contributed by atoms with Crippen molar-refractivity contribution in [2.75, 3.05) is 0 Å². The van der Waals surface area contributed by atoms with Crippen LogP contribution in [0.5, 0.6) is 0 Å². The quantitative estimate of drug-likeness (QED) is 0.0334. The zero-order chi connectivity index (χ0) is 34.8. The molecule has 0 unspecified atom stereocenters. The lowest BCUT2D eigenvalue weighted by molar-refractivity contribution is -0.144. The fourth-order valence-electron chi connectivity index (χ4n) is 4.36. The molecule has 0 saturated heterocycles. The van der Waals surface area contributed by atoms with Gasteiger partial charge in [-0.2, -0.15) is 0 Å². The topological polar surface area (TPSA) is 105 Å². The van der Waals surface area contributed by atoms with E-state index in [2.05, 4.69) is 60.9 Å². The van der Waals surface area contributed by atoms with Crippen molar-refractivity contribution >= 4 is 26.7 Å². The molecule has 8 heteroatoms. The molecular formula is C37H61NO6Si. The maximum atomic E-state index is 12.7. The monoisotopic (exact) mass is 643 g/mol. The summed E-state index contributed by atoms with van der Waals surface area (Å²) in [7, 11) is -2.14. The van der Waals surface area contributed by atoms with E-state index in [0.717, 1.165) is 31.1 Å². The summed E-state index contributed by atoms with van der Waals surface area (Å²) in [4.78, 5) is 35.6. The van der Waals surface area contributed by atoms with Crippen molar-refractivity contribution in [2.45, 2.75) is 130 Å². The number of hydrogen-bond donors (Lipinski definition) is 1. The molecule has 0 saturated carbocycles. The van der Waals surface area contributed by atoms with Gasteiger partial charge in [0.1, 0.15) is 24.6 Å². The minimum Gasteiger partial charge on any atom is -0.458 e. The van der Waals surface area contributed by atoms with Crippen molar-refractivity contribution in [3.8, 4) is 0 Å².